The molecule has 25 heavy (non-hydrogen) atoms. The molecule has 1 unspecified atom stereocenters. The minimum Gasteiger partial charge on any atom is -0.369 e. The van der Waals surface area contributed by atoms with Gasteiger partial charge in [0.25, 0.3) is 0 Å². The van der Waals surface area contributed by atoms with E-state index in [1.165, 1.54) is 4.31 Å². The molecule has 138 valence electrons. The number of sulfonamides is 1. The van der Waals surface area contributed by atoms with Crippen LogP contribution in [0, 0.1) is 0 Å². The van der Waals surface area contributed by atoms with E-state index >= 15 is 0 Å². The lowest BCUT2D eigenvalue weighted by molar-refractivity contribution is -0.119. The molecule has 0 spiro atoms. The van der Waals surface area contributed by atoms with E-state index in [0.29, 0.717) is 25.1 Å². The largest absolute Gasteiger partial charge is 0.369 e. The molecule has 2 saturated heterocycles. The van der Waals surface area contributed by atoms with Gasteiger partial charge in [0.05, 0.1) is 6.26 Å². The van der Waals surface area contributed by atoms with Crippen molar-refractivity contribution < 1.29 is 13.2 Å². The van der Waals surface area contributed by atoms with Crippen LogP contribution in [0.15, 0.2) is 24.3 Å². The lowest BCUT2D eigenvalue weighted by Gasteiger charge is -2.34. The Morgan fingerprint density at radius 3 is 2.32 bits per heavy atom. The van der Waals surface area contributed by atoms with E-state index in [2.05, 4.69) is 22.2 Å². The maximum absolute atomic E-state index is 12.5. The molecule has 1 aromatic carbocycles. The van der Waals surface area contributed by atoms with E-state index in [4.69, 9.17) is 0 Å². The average Bonchev–Trinajstić information content (AvgIpc) is 3.06. The van der Waals surface area contributed by atoms with Crippen LogP contribution in [0.2, 0.25) is 0 Å². The van der Waals surface area contributed by atoms with Crippen LogP contribution in [0.4, 0.5) is 11.4 Å². The van der Waals surface area contributed by atoms with Crippen LogP contribution in [0.3, 0.4) is 0 Å². The van der Waals surface area contributed by atoms with Gasteiger partial charge in [-0.25, -0.2) is 8.42 Å². The van der Waals surface area contributed by atoms with Crippen LogP contribution in [-0.4, -0.2) is 75.6 Å². The van der Waals surface area contributed by atoms with Crippen LogP contribution in [0.25, 0.3) is 0 Å². The Kier molecular flexibility index (Phi) is 5.31. The molecular formula is C17H26N4O3S. The molecule has 1 aromatic rings. The van der Waals surface area contributed by atoms with Crippen molar-refractivity contribution in [2.45, 2.75) is 18.9 Å². The first-order valence-corrected chi connectivity index (χ1v) is 10.5. The summed E-state index contributed by atoms with van der Waals surface area (Å²) in [5.41, 5.74) is 1.84. The lowest BCUT2D eigenvalue weighted by atomic mass is 10.2. The zero-order valence-corrected chi connectivity index (χ0v) is 15.6. The number of hydrogen-bond donors (Lipinski definition) is 1. The molecule has 0 aromatic heterocycles. The highest BCUT2D eigenvalue weighted by Gasteiger charge is 2.36. The molecule has 2 fully saturated rings. The van der Waals surface area contributed by atoms with Crippen molar-refractivity contribution in [2.75, 3.05) is 56.2 Å². The SMILES string of the molecule is CN1CCN(c2ccc(NC(=O)C3CCCN3S(C)(=O)=O)cc2)CC1. The number of nitrogens with zero attached hydrogens (tertiary/aromatic N) is 3. The van der Waals surface area contributed by atoms with E-state index in [0.717, 1.165) is 38.1 Å². The van der Waals surface area contributed by atoms with Gasteiger partial charge < -0.3 is 15.1 Å². The number of nitrogens with one attached hydrogen (secondary N) is 1. The number of rotatable bonds is 4. The third-order valence-corrected chi connectivity index (χ3v) is 6.22. The zero-order valence-electron chi connectivity index (χ0n) is 14.8. The Morgan fingerprint density at radius 2 is 1.72 bits per heavy atom. The first kappa shape index (κ1) is 18.2. The molecule has 1 N–H and O–H groups in total. The number of likely N-dealkylation sites (N-methyl/N-ethyl adjacent to an activating group) is 1. The Labute approximate surface area is 149 Å². The summed E-state index contributed by atoms with van der Waals surface area (Å²) in [5, 5.41) is 2.85. The van der Waals surface area contributed by atoms with Crippen molar-refractivity contribution in [3.8, 4) is 0 Å². The number of amides is 1. The molecular weight excluding hydrogens is 340 g/mol. The normalized spacial score (nSPS) is 23.0. The number of carbonyl (C=O) groups excluding carboxylic acids is 1. The third-order valence-electron chi connectivity index (χ3n) is 4.94. The van der Waals surface area contributed by atoms with Crippen LogP contribution in [0.5, 0.6) is 0 Å². The number of anilines is 2. The first-order valence-electron chi connectivity index (χ1n) is 8.66. The second-order valence-electron chi connectivity index (χ2n) is 6.86. The van der Waals surface area contributed by atoms with E-state index in [9.17, 15) is 13.2 Å². The second-order valence-corrected chi connectivity index (χ2v) is 8.79. The van der Waals surface area contributed by atoms with Gasteiger partial charge >= 0.3 is 0 Å². The molecule has 0 bridgehead atoms. The van der Waals surface area contributed by atoms with Gasteiger partial charge in [-0.15, -0.1) is 0 Å². The second kappa shape index (κ2) is 7.31. The third kappa shape index (κ3) is 4.31. The summed E-state index contributed by atoms with van der Waals surface area (Å²) in [6.45, 7) is 4.49. The van der Waals surface area contributed by atoms with Crippen LogP contribution >= 0.6 is 0 Å². The molecule has 1 amide bonds. The van der Waals surface area contributed by atoms with Crippen molar-refractivity contribution in [3.05, 3.63) is 24.3 Å². The molecule has 0 aliphatic carbocycles. The van der Waals surface area contributed by atoms with E-state index in [1.807, 2.05) is 24.3 Å². The fourth-order valence-electron chi connectivity index (χ4n) is 3.44. The highest BCUT2D eigenvalue weighted by Crippen LogP contribution is 2.23. The fourth-order valence-corrected chi connectivity index (χ4v) is 4.57. The summed E-state index contributed by atoms with van der Waals surface area (Å²) in [6, 6.07) is 7.16. The minimum atomic E-state index is -3.35. The maximum Gasteiger partial charge on any atom is 0.242 e. The van der Waals surface area contributed by atoms with Gasteiger partial charge in [-0.3, -0.25) is 4.79 Å². The fraction of sp³-hybridized carbons (Fsp3) is 0.588. The monoisotopic (exact) mass is 366 g/mol. The molecule has 1 atom stereocenters. The van der Waals surface area contributed by atoms with Gasteiger partial charge in [0.2, 0.25) is 15.9 Å². The van der Waals surface area contributed by atoms with Gasteiger partial charge in [-0.2, -0.15) is 4.31 Å². The summed E-state index contributed by atoms with van der Waals surface area (Å²) in [6.07, 6.45) is 2.44. The van der Waals surface area contributed by atoms with Gasteiger partial charge in [0.1, 0.15) is 6.04 Å². The predicted octanol–water partition coefficient (Wildman–Crippen LogP) is 0.801. The van der Waals surface area contributed by atoms with E-state index in [-0.39, 0.29) is 5.91 Å². The first-order chi connectivity index (χ1) is 11.8. The summed E-state index contributed by atoms with van der Waals surface area (Å²) < 4.78 is 24.9. The summed E-state index contributed by atoms with van der Waals surface area (Å²) in [4.78, 5) is 17.1. The van der Waals surface area contributed by atoms with Crippen molar-refractivity contribution in [2.24, 2.45) is 0 Å². The van der Waals surface area contributed by atoms with Crippen LogP contribution < -0.4 is 10.2 Å². The van der Waals surface area contributed by atoms with Crippen molar-refractivity contribution in [1.82, 2.24) is 9.21 Å². The summed E-state index contributed by atoms with van der Waals surface area (Å²) >= 11 is 0. The highest BCUT2D eigenvalue weighted by molar-refractivity contribution is 7.88. The molecule has 3 rings (SSSR count). The van der Waals surface area contributed by atoms with Crippen LogP contribution in [-0.2, 0) is 14.8 Å². The molecule has 8 heteroatoms. The predicted molar refractivity (Wildman–Crippen MR) is 99.4 cm³/mol. The standard InChI is InChI=1S/C17H26N4O3S/c1-19-10-12-20(13-11-19)15-7-5-14(6-8-15)18-17(22)16-4-3-9-21(16)25(2,23)24/h5-8,16H,3-4,9-13H2,1-2H3,(H,18,22). The smallest absolute Gasteiger partial charge is 0.242 e. The Balaban J connectivity index is 1.62. The minimum absolute atomic E-state index is 0.254. The molecule has 7 nitrogen and oxygen atoms in total. The average molecular weight is 366 g/mol. The molecule has 0 radical (unpaired) electrons. The number of hydrogen-bond acceptors (Lipinski definition) is 5. The van der Waals surface area contributed by atoms with Crippen molar-refractivity contribution in [3.63, 3.8) is 0 Å². The van der Waals surface area contributed by atoms with Gasteiger partial charge in [0, 0.05) is 44.1 Å². The molecule has 2 heterocycles. The van der Waals surface area contributed by atoms with Gasteiger partial charge in [-0.05, 0) is 44.2 Å². The topological polar surface area (TPSA) is 73.0 Å². The maximum atomic E-state index is 12.5. The van der Waals surface area contributed by atoms with Crippen molar-refractivity contribution in [1.29, 1.82) is 0 Å². The number of benzene rings is 1. The zero-order chi connectivity index (χ0) is 18.0. The van der Waals surface area contributed by atoms with Crippen molar-refractivity contribution >= 4 is 27.3 Å². The molecule has 2 aliphatic heterocycles. The molecule has 2 aliphatic rings. The number of carbonyl (C=O) groups is 1. The molecule has 0 saturated carbocycles. The lowest BCUT2D eigenvalue weighted by Crippen LogP contribution is -2.44. The number of piperazine rings is 1. The van der Waals surface area contributed by atoms with Crippen LogP contribution in [0.1, 0.15) is 12.8 Å². The van der Waals surface area contributed by atoms with Gasteiger partial charge in [-0.1, -0.05) is 0 Å². The Bertz CT molecular complexity index is 712. The highest BCUT2D eigenvalue weighted by atomic mass is 32.2. The Hall–Kier alpha value is -1.64. The van der Waals surface area contributed by atoms with Gasteiger partial charge in [0.15, 0.2) is 0 Å². The Morgan fingerprint density at radius 1 is 1.08 bits per heavy atom. The van der Waals surface area contributed by atoms with E-state index in [1.54, 1.807) is 0 Å². The van der Waals surface area contributed by atoms with E-state index < -0.39 is 16.1 Å². The summed E-state index contributed by atoms with van der Waals surface area (Å²) in [5.74, 6) is -0.254. The quantitative estimate of drug-likeness (QED) is 0.853. The summed E-state index contributed by atoms with van der Waals surface area (Å²) in [7, 11) is -1.23.